The average Bonchev–Trinajstić information content (AvgIpc) is 2.10. The molecule has 0 fully saturated rings. The second kappa shape index (κ2) is 6.37. The van der Waals surface area contributed by atoms with Crippen LogP contribution in [0.25, 0.3) is 0 Å². The molecule has 5 nitrogen and oxygen atoms in total. The molecule has 0 heterocycles. The maximum absolute atomic E-state index is 11.1. The van der Waals surface area contributed by atoms with Gasteiger partial charge in [-0.1, -0.05) is 6.92 Å². The van der Waals surface area contributed by atoms with Crippen LogP contribution >= 0.6 is 0 Å². The van der Waals surface area contributed by atoms with Crippen molar-refractivity contribution in [3.63, 3.8) is 0 Å². The van der Waals surface area contributed by atoms with Crippen molar-refractivity contribution in [2.45, 2.75) is 39.3 Å². The van der Waals surface area contributed by atoms with E-state index in [1.165, 1.54) is 0 Å². The van der Waals surface area contributed by atoms with Crippen molar-refractivity contribution < 1.29 is 19.4 Å². The lowest BCUT2D eigenvalue weighted by Crippen LogP contribution is -2.42. The van der Waals surface area contributed by atoms with Crippen LogP contribution in [0, 0.1) is 0 Å². The Morgan fingerprint density at radius 3 is 2.36 bits per heavy atom. The highest BCUT2D eigenvalue weighted by Crippen LogP contribution is 1.92. The number of ether oxygens (including phenoxy) is 1. The topological polar surface area (TPSA) is 75.6 Å². The summed E-state index contributed by atoms with van der Waals surface area (Å²) in [5.74, 6) is -1.42. The highest BCUT2D eigenvalue weighted by atomic mass is 16.5. The largest absolute Gasteiger partial charge is 0.480 e. The number of carbonyl (C=O) groups excluding carboxylic acids is 1. The van der Waals surface area contributed by atoms with Crippen LogP contribution in [-0.4, -0.2) is 35.7 Å². The summed E-state index contributed by atoms with van der Waals surface area (Å²) < 4.78 is 5.02. The van der Waals surface area contributed by atoms with Gasteiger partial charge in [0.15, 0.2) is 0 Å². The molecule has 2 N–H and O–H groups in total. The number of hydrogen-bond acceptors (Lipinski definition) is 3. The minimum Gasteiger partial charge on any atom is -0.480 e. The Hall–Kier alpha value is -1.10. The van der Waals surface area contributed by atoms with Gasteiger partial charge in [0, 0.05) is 0 Å². The maximum atomic E-state index is 11.1. The highest BCUT2D eigenvalue weighted by Gasteiger charge is 2.17. The van der Waals surface area contributed by atoms with Gasteiger partial charge >= 0.3 is 5.97 Å². The van der Waals surface area contributed by atoms with Crippen LogP contribution in [0.5, 0.6) is 0 Å². The van der Waals surface area contributed by atoms with E-state index in [1.54, 1.807) is 6.92 Å². The number of hydrogen-bond donors (Lipinski definition) is 2. The van der Waals surface area contributed by atoms with Gasteiger partial charge in [0.05, 0.1) is 6.10 Å². The first-order chi connectivity index (χ1) is 6.47. The molecule has 0 aromatic carbocycles. The van der Waals surface area contributed by atoms with Gasteiger partial charge in [-0.05, 0) is 20.3 Å². The van der Waals surface area contributed by atoms with Crippen LogP contribution in [0.4, 0.5) is 0 Å². The molecule has 82 valence electrons. The van der Waals surface area contributed by atoms with E-state index in [-0.39, 0.29) is 12.7 Å². The second-order valence-electron chi connectivity index (χ2n) is 3.23. The number of amides is 1. The van der Waals surface area contributed by atoms with Crippen molar-refractivity contribution in [2.24, 2.45) is 0 Å². The Morgan fingerprint density at radius 1 is 1.43 bits per heavy atom. The molecule has 1 atom stereocenters. The highest BCUT2D eigenvalue weighted by molar-refractivity contribution is 5.84. The second-order valence-corrected chi connectivity index (χ2v) is 3.23. The summed E-state index contributed by atoms with van der Waals surface area (Å²) in [6.45, 7) is 5.22. The van der Waals surface area contributed by atoms with Crippen molar-refractivity contribution in [3.8, 4) is 0 Å². The summed E-state index contributed by atoms with van der Waals surface area (Å²) in [6.07, 6.45) is 0.327. The number of carboxylic acid groups (broad SMARTS) is 1. The van der Waals surface area contributed by atoms with Gasteiger partial charge in [0.1, 0.15) is 12.6 Å². The van der Waals surface area contributed by atoms with E-state index >= 15 is 0 Å². The number of aliphatic carboxylic acids is 1. The number of nitrogens with one attached hydrogen (secondary N) is 1. The number of carbonyl (C=O) groups is 2. The Balaban J connectivity index is 3.85. The molecule has 0 saturated carbocycles. The molecule has 1 amide bonds. The molecule has 0 aliphatic rings. The number of carboxylic acids is 1. The van der Waals surface area contributed by atoms with E-state index < -0.39 is 17.9 Å². The quantitative estimate of drug-likeness (QED) is 0.654. The van der Waals surface area contributed by atoms with Crippen LogP contribution in [-0.2, 0) is 14.3 Å². The summed E-state index contributed by atoms with van der Waals surface area (Å²) in [6, 6.07) is -0.821. The third-order valence-corrected chi connectivity index (χ3v) is 1.59. The lowest BCUT2D eigenvalue weighted by molar-refractivity contribution is -0.142. The summed E-state index contributed by atoms with van der Waals surface area (Å²) in [5, 5.41) is 11.0. The first-order valence-electron chi connectivity index (χ1n) is 4.61. The molecule has 0 aliphatic heterocycles. The summed E-state index contributed by atoms with van der Waals surface area (Å²) in [4.78, 5) is 21.7. The molecule has 0 aliphatic carbocycles. The van der Waals surface area contributed by atoms with Crippen molar-refractivity contribution in [3.05, 3.63) is 0 Å². The van der Waals surface area contributed by atoms with Gasteiger partial charge in [0.2, 0.25) is 5.91 Å². The standard InChI is InChI=1S/C9H17NO4/c1-4-7(9(12)13)10-8(11)5-14-6(2)3/h6-7H,4-5H2,1-3H3,(H,10,11)(H,12,13)/t7-/m0/s1. The van der Waals surface area contributed by atoms with E-state index in [0.29, 0.717) is 6.42 Å². The molecule has 5 heteroatoms. The Bertz CT molecular complexity index is 203. The lowest BCUT2D eigenvalue weighted by atomic mass is 10.2. The predicted octanol–water partition coefficient (Wildman–Crippen LogP) is 0.391. The van der Waals surface area contributed by atoms with Gasteiger partial charge in [0.25, 0.3) is 0 Å². The molecular formula is C9H17NO4. The zero-order valence-corrected chi connectivity index (χ0v) is 8.74. The van der Waals surface area contributed by atoms with Gasteiger partial charge in [-0.25, -0.2) is 4.79 Å². The monoisotopic (exact) mass is 203 g/mol. The van der Waals surface area contributed by atoms with Gasteiger partial charge in [-0.15, -0.1) is 0 Å². The molecule has 0 aromatic rings. The van der Waals surface area contributed by atoms with Crippen molar-refractivity contribution in [1.82, 2.24) is 5.32 Å². The third kappa shape index (κ3) is 5.53. The summed E-state index contributed by atoms with van der Waals surface area (Å²) in [5.41, 5.74) is 0. The molecule has 0 aromatic heterocycles. The molecule has 0 saturated heterocycles. The molecular weight excluding hydrogens is 186 g/mol. The average molecular weight is 203 g/mol. The fourth-order valence-electron chi connectivity index (χ4n) is 0.817. The normalized spacial score (nSPS) is 12.6. The zero-order valence-electron chi connectivity index (χ0n) is 8.74. The van der Waals surface area contributed by atoms with Gasteiger partial charge in [-0.3, -0.25) is 4.79 Å². The van der Waals surface area contributed by atoms with E-state index in [9.17, 15) is 9.59 Å². The maximum Gasteiger partial charge on any atom is 0.326 e. The lowest BCUT2D eigenvalue weighted by Gasteiger charge is -2.13. The van der Waals surface area contributed by atoms with Crippen LogP contribution in [0.1, 0.15) is 27.2 Å². The fraction of sp³-hybridized carbons (Fsp3) is 0.778. The Labute approximate surface area is 83.4 Å². The molecule has 0 rings (SSSR count). The molecule has 14 heavy (non-hydrogen) atoms. The summed E-state index contributed by atoms with van der Waals surface area (Å²) in [7, 11) is 0. The fourth-order valence-corrected chi connectivity index (χ4v) is 0.817. The van der Waals surface area contributed by atoms with Gasteiger partial charge < -0.3 is 15.2 Å². The first kappa shape index (κ1) is 12.9. The molecule has 0 bridgehead atoms. The minimum atomic E-state index is -1.02. The molecule has 0 unspecified atom stereocenters. The van der Waals surface area contributed by atoms with Crippen molar-refractivity contribution in [1.29, 1.82) is 0 Å². The number of rotatable bonds is 6. The Morgan fingerprint density at radius 2 is 2.00 bits per heavy atom. The van der Waals surface area contributed by atoms with Crippen molar-refractivity contribution >= 4 is 11.9 Å². The van der Waals surface area contributed by atoms with Crippen LogP contribution in [0.15, 0.2) is 0 Å². The van der Waals surface area contributed by atoms with E-state index in [0.717, 1.165) is 0 Å². The van der Waals surface area contributed by atoms with E-state index in [2.05, 4.69) is 5.32 Å². The Kier molecular flexibility index (Phi) is 5.87. The van der Waals surface area contributed by atoms with Crippen LogP contribution in [0.3, 0.4) is 0 Å². The zero-order chi connectivity index (χ0) is 11.1. The predicted molar refractivity (Wildman–Crippen MR) is 50.9 cm³/mol. The smallest absolute Gasteiger partial charge is 0.326 e. The van der Waals surface area contributed by atoms with Gasteiger partial charge in [-0.2, -0.15) is 0 Å². The van der Waals surface area contributed by atoms with Crippen molar-refractivity contribution in [2.75, 3.05) is 6.61 Å². The van der Waals surface area contributed by atoms with E-state index in [1.807, 2.05) is 13.8 Å². The summed E-state index contributed by atoms with van der Waals surface area (Å²) >= 11 is 0. The van der Waals surface area contributed by atoms with Crippen LogP contribution in [0.2, 0.25) is 0 Å². The third-order valence-electron chi connectivity index (χ3n) is 1.59. The molecule has 0 spiro atoms. The van der Waals surface area contributed by atoms with E-state index in [4.69, 9.17) is 9.84 Å². The minimum absolute atomic E-state index is 0.0364. The first-order valence-corrected chi connectivity index (χ1v) is 4.61. The molecule has 0 radical (unpaired) electrons. The van der Waals surface area contributed by atoms with Crippen LogP contribution < -0.4 is 5.32 Å². The SMILES string of the molecule is CC[C@H](NC(=O)COC(C)C)C(=O)O.